The number of rotatable bonds is 3. The zero-order valence-corrected chi connectivity index (χ0v) is 11.7. The van der Waals surface area contributed by atoms with Crippen LogP contribution in [0.5, 0.6) is 0 Å². The van der Waals surface area contributed by atoms with Crippen LogP contribution in [0.1, 0.15) is 47.5 Å². The van der Waals surface area contributed by atoms with Crippen molar-refractivity contribution in [3.63, 3.8) is 0 Å². The maximum absolute atomic E-state index is 11.1. The van der Waals surface area contributed by atoms with Gasteiger partial charge in [-0.3, -0.25) is 4.79 Å². The van der Waals surface area contributed by atoms with Crippen molar-refractivity contribution < 1.29 is 4.79 Å². The molecule has 1 fully saturated rings. The molecule has 3 nitrogen and oxygen atoms in total. The SMILES string of the molecule is CC.CC(=O)NC(C(C)C)C1CCCN1C. The van der Waals surface area contributed by atoms with Gasteiger partial charge in [-0.2, -0.15) is 0 Å². The van der Waals surface area contributed by atoms with Crippen LogP contribution < -0.4 is 5.32 Å². The summed E-state index contributed by atoms with van der Waals surface area (Å²) in [4.78, 5) is 13.5. The summed E-state index contributed by atoms with van der Waals surface area (Å²) in [7, 11) is 2.15. The largest absolute Gasteiger partial charge is 0.352 e. The quantitative estimate of drug-likeness (QED) is 0.803. The summed E-state index contributed by atoms with van der Waals surface area (Å²) < 4.78 is 0. The molecule has 16 heavy (non-hydrogen) atoms. The second kappa shape index (κ2) is 7.66. The molecule has 0 aromatic carbocycles. The Balaban J connectivity index is 0.00000106. The highest BCUT2D eigenvalue weighted by atomic mass is 16.1. The Morgan fingerprint density at radius 2 is 1.94 bits per heavy atom. The van der Waals surface area contributed by atoms with E-state index < -0.39 is 0 Å². The molecule has 0 radical (unpaired) electrons. The van der Waals surface area contributed by atoms with Gasteiger partial charge in [0.15, 0.2) is 0 Å². The Morgan fingerprint density at radius 3 is 2.25 bits per heavy atom. The summed E-state index contributed by atoms with van der Waals surface area (Å²) >= 11 is 0. The fraction of sp³-hybridized carbons (Fsp3) is 0.923. The second-order valence-electron chi connectivity index (χ2n) is 4.66. The number of likely N-dealkylation sites (tertiary alicyclic amines) is 1. The van der Waals surface area contributed by atoms with Gasteiger partial charge < -0.3 is 10.2 Å². The molecule has 1 aliphatic rings. The van der Waals surface area contributed by atoms with Gasteiger partial charge in [0, 0.05) is 19.0 Å². The van der Waals surface area contributed by atoms with E-state index in [-0.39, 0.29) is 5.91 Å². The molecular formula is C13H28N2O. The number of nitrogens with zero attached hydrogens (tertiary/aromatic N) is 1. The zero-order chi connectivity index (χ0) is 12.7. The summed E-state index contributed by atoms with van der Waals surface area (Å²) in [6, 6.07) is 0.832. The lowest BCUT2D eigenvalue weighted by atomic mass is 9.94. The molecule has 2 atom stereocenters. The standard InChI is InChI=1S/C11H22N2O.C2H6/c1-8(2)11(12-9(3)14)10-6-5-7-13(10)4;1-2/h8,10-11H,5-7H2,1-4H3,(H,12,14);1-2H3. The molecule has 0 aromatic rings. The van der Waals surface area contributed by atoms with Crippen molar-refractivity contribution in [3.05, 3.63) is 0 Å². The summed E-state index contributed by atoms with van der Waals surface area (Å²) in [5.41, 5.74) is 0. The van der Waals surface area contributed by atoms with Gasteiger partial charge in [0.25, 0.3) is 0 Å². The molecule has 2 unspecified atom stereocenters. The van der Waals surface area contributed by atoms with Gasteiger partial charge in [-0.05, 0) is 32.4 Å². The molecule has 1 saturated heterocycles. The van der Waals surface area contributed by atoms with E-state index in [2.05, 4.69) is 31.1 Å². The van der Waals surface area contributed by atoms with E-state index in [0.717, 1.165) is 6.54 Å². The molecule has 1 amide bonds. The fourth-order valence-electron chi connectivity index (χ4n) is 2.33. The van der Waals surface area contributed by atoms with Crippen molar-refractivity contribution in [2.24, 2.45) is 5.92 Å². The van der Waals surface area contributed by atoms with Gasteiger partial charge in [-0.1, -0.05) is 27.7 Å². The van der Waals surface area contributed by atoms with E-state index >= 15 is 0 Å². The first kappa shape index (κ1) is 15.4. The van der Waals surface area contributed by atoms with Crippen LogP contribution in [0.25, 0.3) is 0 Å². The fourth-order valence-corrected chi connectivity index (χ4v) is 2.33. The van der Waals surface area contributed by atoms with Crippen molar-refractivity contribution in [2.45, 2.75) is 59.5 Å². The van der Waals surface area contributed by atoms with E-state index in [0.29, 0.717) is 18.0 Å². The average molecular weight is 228 g/mol. The van der Waals surface area contributed by atoms with E-state index in [1.807, 2.05) is 13.8 Å². The third-order valence-electron chi connectivity index (χ3n) is 3.08. The van der Waals surface area contributed by atoms with Gasteiger partial charge in [0.2, 0.25) is 5.91 Å². The molecule has 0 aliphatic carbocycles. The molecule has 96 valence electrons. The van der Waals surface area contributed by atoms with E-state index in [1.165, 1.54) is 12.8 Å². The van der Waals surface area contributed by atoms with E-state index in [4.69, 9.17) is 0 Å². The average Bonchev–Trinajstić information content (AvgIpc) is 2.63. The monoisotopic (exact) mass is 228 g/mol. The van der Waals surface area contributed by atoms with Crippen molar-refractivity contribution >= 4 is 5.91 Å². The normalized spacial score (nSPS) is 22.6. The molecule has 0 spiro atoms. The van der Waals surface area contributed by atoms with Gasteiger partial charge in [-0.25, -0.2) is 0 Å². The molecule has 0 aromatic heterocycles. The number of carbonyl (C=O) groups excluding carboxylic acids is 1. The molecule has 1 heterocycles. The first-order valence-electron chi connectivity index (χ1n) is 6.49. The third kappa shape index (κ3) is 4.52. The number of nitrogens with one attached hydrogen (secondary N) is 1. The van der Waals surface area contributed by atoms with E-state index in [9.17, 15) is 4.79 Å². The smallest absolute Gasteiger partial charge is 0.217 e. The highest BCUT2D eigenvalue weighted by Gasteiger charge is 2.31. The maximum atomic E-state index is 11.1. The first-order chi connectivity index (χ1) is 7.52. The zero-order valence-electron chi connectivity index (χ0n) is 11.7. The van der Waals surface area contributed by atoms with Crippen LogP contribution in [0.2, 0.25) is 0 Å². The highest BCUT2D eigenvalue weighted by Crippen LogP contribution is 2.22. The predicted molar refractivity (Wildman–Crippen MR) is 69.4 cm³/mol. The Labute approximate surface area is 101 Å². The van der Waals surface area contributed by atoms with Gasteiger partial charge in [0.05, 0.1) is 0 Å². The predicted octanol–water partition coefficient (Wildman–Crippen LogP) is 2.27. The maximum Gasteiger partial charge on any atom is 0.217 e. The van der Waals surface area contributed by atoms with Gasteiger partial charge in [-0.15, -0.1) is 0 Å². The molecule has 0 bridgehead atoms. The minimum atomic E-state index is 0.0870. The first-order valence-corrected chi connectivity index (χ1v) is 6.49. The Morgan fingerprint density at radius 1 is 1.38 bits per heavy atom. The van der Waals surface area contributed by atoms with Crippen LogP contribution in [0, 0.1) is 5.92 Å². The minimum absolute atomic E-state index is 0.0870. The summed E-state index contributed by atoms with van der Waals surface area (Å²) in [6.45, 7) is 11.1. The lowest BCUT2D eigenvalue weighted by Crippen LogP contribution is -2.50. The Hall–Kier alpha value is -0.570. The third-order valence-corrected chi connectivity index (χ3v) is 3.08. The molecular weight excluding hydrogens is 200 g/mol. The minimum Gasteiger partial charge on any atom is -0.352 e. The number of hydrogen-bond acceptors (Lipinski definition) is 2. The summed E-state index contributed by atoms with van der Waals surface area (Å²) in [6.07, 6.45) is 2.46. The van der Waals surface area contributed by atoms with Crippen LogP contribution in [0.4, 0.5) is 0 Å². The van der Waals surface area contributed by atoms with Gasteiger partial charge in [0.1, 0.15) is 0 Å². The summed E-state index contributed by atoms with van der Waals surface area (Å²) in [5.74, 6) is 0.591. The molecule has 0 saturated carbocycles. The number of hydrogen-bond donors (Lipinski definition) is 1. The molecule has 1 N–H and O–H groups in total. The van der Waals surface area contributed by atoms with E-state index in [1.54, 1.807) is 6.92 Å². The Bertz CT molecular complexity index is 204. The topological polar surface area (TPSA) is 32.3 Å². The molecule has 1 aliphatic heterocycles. The Kier molecular flexibility index (Phi) is 7.39. The molecule has 3 heteroatoms. The van der Waals surface area contributed by atoms with Crippen LogP contribution in [-0.2, 0) is 4.79 Å². The van der Waals surface area contributed by atoms with Crippen molar-refractivity contribution in [1.29, 1.82) is 0 Å². The number of amides is 1. The number of carbonyl (C=O) groups is 1. The lowest BCUT2D eigenvalue weighted by Gasteiger charge is -2.32. The second-order valence-corrected chi connectivity index (χ2v) is 4.66. The highest BCUT2D eigenvalue weighted by molar-refractivity contribution is 5.73. The van der Waals surface area contributed by atoms with Gasteiger partial charge >= 0.3 is 0 Å². The summed E-state index contributed by atoms with van der Waals surface area (Å²) in [5, 5.41) is 3.07. The van der Waals surface area contributed by atoms with Crippen molar-refractivity contribution in [1.82, 2.24) is 10.2 Å². The van der Waals surface area contributed by atoms with Crippen molar-refractivity contribution in [3.8, 4) is 0 Å². The lowest BCUT2D eigenvalue weighted by molar-refractivity contribution is -0.120. The number of likely N-dealkylation sites (N-methyl/N-ethyl adjacent to an activating group) is 1. The van der Waals surface area contributed by atoms with Crippen molar-refractivity contribution in [2.75, 3.05) is 13.6 Å². The van der Waals surface area contributed by atoms with Crippen LogP contribution in [0.3, 0.4) is 0 Å². The molecule has 1 rings (SSSR count). The van der Waals surface area contributed by atoms with Crippen LogP contribution in [0.15, 0.2) is 0 Å². The van der Waals surface area contributed by atoms with Crippen LogP contribution in [-0.4, -0.2) is 36.5 Å². The van der Waals surface area contributed by atoms with Crippen LogP contribution >= 0.6 is 0 Å².